The molecule has 1 saturated heterocycles. The van der Waals surface area contributed by atoms with Crippen LogP contribution in [-0.2, 0) is 16.6 Å². The first-order valence-corrected chi connectivity index (χ1v) is 11.0. The molecule has 0 saturated carbocycles. The van der Waals surface area contributed by atoms with Crippen LogP contribution in [0.15, 0.2) is 42.7 Å². The Morgan fingerprint density at radius 2 is 1.90 bits per heavy atom. The van der Waals surface area contributed by atoms with Crippen LogP contribution < -0.4 is 10.2 Å². The molecular formula is C25H29N5O. The highest BCUT2D eigenvalue weighted by Crippen LogP contribution is 2.38. The van der Waals surface area contributed by atoms with Crippen LogP contribution in [0.4, 0.5) is 17.3 Å². The molecule has 31 heavy (non-hydrogen) atoms. The van der Waals surface area contributed by atoms with Gasteiger partial charge in [0.05, 0.1) is 18.9 Å². The predicted molar refractivity (Wildman–Crippen MR) is 124 cm³/mol. The van der Waals surface area contributed by atoms with Crippen molar-refractivity contribution in [3.05, 3.63) is 59.5 Å². The zero-order chi connectivity index (χ0) is 21.4. The second-order valence-corrected chi connectivity index (χ2v) is 9.09. The van der Waals surface area contributed by atoms with Gasteiger partial charge in [0, 0.05) is 48.1 Å². The van der Waals surface area contributed by atoms with E-state index in [-0.39, 0.29) is 5.41 Å². The standard InChI is InChI=1S/C25H29N5O/c1-17-14-19(30-10-12-31-13-11-30)4-5-21(17)28-24-26-9-7-22(29-24)18-15-20-23(27-16-18)6-8-25(20,2)3/h4-5,7,9,14-16H,6,8,10-13H2,1-3H3,(H,26,28,29). The van der Waals surface area contributed by atoms with E-state index >= 15 is 0 Å². The molecule has 1 N–H and O–H groups in total. The smallest absolute Gasteiger partial charge is 0.227 e. The topological polar surface area (TPSA) is 63.2 Å². The fourth-order valence-electron chi connectivity index (χ4n) is 4.49. The number of fused-ring (bicyclic) bond motifs is 1. The van der Waals surface area contributed by atoms with E-state index in [1.54, 1.807) is 6.20 Å². The van der Waals surface area contributed by atoms with Crippen LogP contribution >= 0.6 is 0 Å². The largest absolute Gasteiger partial charge is 0.378 e. The summed E-state index contributed by atoms with van der Waals surface area (Å²) in [4.78, 5) is 16.3. The molecule has 0 atom stereocenters. The molecule has 1 aliphatic heterocycles. The summed E-state index contributed by atoms with van der Waals surface area (Å²) in [7, 11) is 0. The average Bonchev–Trinajstić information content (AvgIpc) is 3.10. The number of pyridine rings is 1. The molecule has 1 fully saturated rings. The van der Waals surface area contributed by atoms with Crippen molar-refractivity contribution >= 4 is 17.3 Å². The summed E-state index contributed by atoms with van der Waals surface area (Å²) in [6.45, 7) is 10.1. The number of nitrogens with zero attached hydrogens (tertiary/aromatic N) is 4. The van der Waals surface area contributed by atoms with E-state index in [9.17, 15) is 0 Å². The Bertz CT molecular complexity index is 1100. The van der Waals surface area contributed by atoms with Gasteiger partial charge in [0.25, 0.3) is 0 Å². The summed E-state index contributed by atoms with van der Waals surface area (Å²) in [6, 6.07) is 10.7. The van der Waals surface area contributed by atoms with Gasteiger partial charge in [0.2, 0.25) is 5.95 Å². The normalized spacial score (nSPS) is 17.5. The molecule has 2 aromatic heterocycles. The van der Waals surface area contributed by atoms with Crippen molar-refractivity contribution in [1.82, 2.24) is 15.0 Å². The minimum Gasteiger partial charge on any atom is -0.378 e. The van der Waals surface area contributed by atoms with Crippen LogP contribution in [0.5, 0.6) is 0 Å². The van der Waals surface area contributed by atoms with Crippen molar-refractivity contribution in [1.29, 1.82) is 0 Å². The molecule has 160 valence electrons. The van der Waals surface area contributed by atoms with Gasteiger partial charge in [-0.1, -0.05) is 13.8 Å². The molecule has 2 aliphatic rings. The Morgan fingerprint density at radius 1 is 1.06 bits per heavy atom. The number of morpholine rings is 1. The highest BCUT2D eigenvalue weighted by Gasteiger charge is 2.31. The molecule has 1 aliphatic carbocycles. The van der Waals surface area contributed by atoms with E-state index in [2.05, 4.69) is 60.2 Å². The van der Waals surface area contributed by atoms with Crippen molar-refractivity contribution in [2.45, 2.75) is 39.0 Å². The third-order valence-electron chi connectivity index (χ3n) is 6.47. The molecule has 0 amide bonds. The van der Waals surface area contributed by atoms with Crippen LogP contribution in [0.1, 0.15) is 37.1 Å². The van der Waals surface area contributed by atoms with Crippen molar-refractivity contribution < 1.29 is 4.74 Å². The van der Waals surface area contributed by atoms with Crippen molar-refractivity contribution in [3.8, 4) is 11.3 Å². The Kier molecular flexibility index (Phi) is 5.10. The van der Waals surface area contributed by atoms with Gasteiger partial charge in [-0.15, -0.1) is 0 Å². The Balaban J connectivity index is 1.38. The summed E-state index contributed by atoms with van der Waals surface area (Å²) in [5, 5.41) is 3.40. The molecule has 3 heterocycles. The van der Waals surface area contributed by atoms with Crippen LogP contribution in [0.25, 0.3) is 11.3 Å². The lowest BCUT2D eigenvalue weighted by Gasteiger charge is -2.29. The van der Waals surface area contributed by atoms with Crippen LogP contribution in [0.2, 0.25) is 0 Å². The predicted octanol–water partition coefficient (Wildman–Crippen LogP) is 4.65. The van der Waals surface area contributed by atoms with E-state index in [1.165, 1.54) is 22.5 Å². The third kappa shape index (κ3) is 4.00. The van der Waals surface area contributed by atoms with E-state index in [4.69, 9.17) is 14.7 Å². The van der Waals surface area contributed by atoms with Crippen LogP contribution in [0.3, 0.4) is 0 Å². The van der Waals surface area contributed by atoms with Gasteiger partial charge < -0.3 is 15.0 Å². The molecule has 0 radical (unpaired) electrons. The first-order chi connectivity index (χ1) is 15.0. The fraction of sp³-hybridized carbons (Fsp3) is 0.400. The van der Waals surface area contributed by atoms with Crippen LogP contribution in [0, 0.1) is 6.92 Å². The molecule has 3 aromatic rings. The second kappa shape index (κ2) is 7.93. The van der Waals surface area contributed by atoms with Crippen molar-refractivity contribution in [2.24, 2.45) is 0 Å². The SMILES string of the molecule is Cc1cc(N2CCOCC2)ccc1Nc1nccc(-c2cnc3c(c2)C(C)(C)CC3)n1. The van der Waals surface area contributed by atoms with Crippen molar-refractivity contribution in [2.75, 3.05) is 36.5 Å². The van der Waals surface area contributed by atoms with Gasteiger partial charge in [-0.25, -0.2) is 9.97 Å². The zero-order valence-electron chi connectivity index (χ0n) is 18.5. The minimum absolute atomic E-state index is 0.172. The van der Waals surface area contributed by atoms with Gasteiger partial charge in [-0.05, 0) is 66.6 Å². The molecule has 6 heteroatoms. The molecule has 1 aromatic carbocycles. The van der Waals surface area contributed by atoms with Gasteiger partial charge in [0.1, 0.15) is 0 Å². The summed E-state index contributed by atoms with van der Waals surface area (Å²) in [5.74, 6) is 0.597. The van der Waals surface area contributed by atoms with E-state index in [1.807, 2.05) is 12.3 Å². The highest BCUT2D eigenvalue weighted by atomic mass is 16.5. The Morgan fingerprint density at radius 3 is 2.71 bits per heavy atom. The van der Waals surface area contributed by atoms with E-state index < -0.39 is 0 Å². The summed E-state index contributed by atoms with van der Waals surface area (Å²) < 4.78 is 5.46. The lowest BCUT2D eigenvalue weighted by Crippen LogP contribution is -2.36. The number of rotatable bonds is 4. The summed E-state index contributed by atoms with van der Waals surface area (Å²) in [6.07, 6.45) is 5.95. The lowest BCUT2D eigenvalue weighted by molar-refractivity contribution is 0.122. The number of nitrogens with one attached hydrogen (secondary N) is 1. The molecule has 5 rings (SSSR count). The fourth-order valence-corrected chi connectivity index (χ4v) is 4.49. The number of hydrogen-bond donors (Lipinski definition) is 1. The minimum atomic E-state index is 0.172. The zero-order valence-corrected chi connectivity index (χ0v) is 18.5. The number of anilines is 3. The van der Waals surface area contributed by atoms with E-state index in [0.29, 0.717) is 5.95 Å². The Hall–Kier alpha value is -2.99. The molecule has 0 bridgehead atoms. The average molecular weight is 416 g/mol. The van der Waals surface area contributed by atoms with Gasteiger partial charge >= 0.3 is 0 Å². The third-order valence-corrected chi connectivity index (χ3v) is 6.47. The molecular weight excluding hydrogens is 386 g/mol. The first kappa shape index (κ1) is 19.9. The monoisotopic (exact) mass is 415 g/mol. The van der Waals surface area contributed by atoms with E-state index in [0.717, 1.165) is 56.1 Å². The highest BCUT2D eigenvalue weighted by molar-refractivity contribution is 5.66. The molecule has 0 unspecified atom stereocenters. The number of aromatic nitrogens is 3. The number of ether oxygens (including phenoxy) is 1. The maximum absolute atomic E-state index is 5.46. The van der Waals surface area contributed by atoms with Gasteiger partial charge in [0.15, 0.2) is 0 Å². The van der Waals surface area contributed by atoms with Gasteiger partial charge in [-0.2, -0.15) is 0 Å². The number of benzene rings is 1. The van der Waals surface area contributed by atoms with Crippen molar-refractivity contribution in [3.63, 3.8) is 0 Å². The quantitative estimate of drug-likeness (QED) is 0.669. The Labute approximate surface area is 183 Å². The maximum atomic E-state index is 5.46. The second-order valence-electron chi connectivity index (χ2n) is 9.09. The molecule has 6 nitrogen and oxygen atoms in total. The molecule has 0 spiro atoms. The maximum Gasteiger partial charge on any atom is 0.227 e. The summed E-state index contributed by atoms with van der Waals surface area (Å²) in [5.41, 5.74) is 8.07. The number of hydrogen-bond acceptors (Lipinski definition) is 6. The summed E-state index contributed by atoms with van der Waals surface area (Å²) >= 11 is 0. The number of aryl methyl sites for hydroxylation is 2. The van der Waals surface area contributed by atoms with Gasteiger partial charge in [-0.3, -0.25) is 4.98 Å². The van der Waals surface area contributed by atoms with Crippen LogP contribution in [-0.4, -0.2) is 41.3 Å². The lowest BCUT2D eigenvalue weighted by atomic mass is 9.86. The first-order valence-electron chi connectivity index (χ1n) is 11.0.